The summed E-state index contributed by atoms with van der Waals surface area (Å²) in [4.78, 5) is 22.7. The number of nitrogens with two attached hydrogens (primary N) is 1. The Hall–Kier alpha value is -1.59. The highest BCUT2D eigenvalue weighted by molar-refractivity contribution is 5.95. The number of carbonyl (C=O) groups is 2. The van der Waals surface area contributed by atoms with Crippen LogP contribution < -0.4 is 5.73 Å². The average Bonchev–Trinajstić information content (AvgIpc) is 2.38. The summed E-state index contributed by atoms with van der Waals surface area (Å²) in [5, 5.41) is 0. The fraction of sp³-hybridized carbons (Fsp3) is 0.333. The maximum Gasteiger partial charge on any atom is 0.321 e. The molecule has 18 heavy (non-hydrogen) atoms. The summed E-state index contributed by atoms with van der Waals surface area (Å²) in [7, 11) is 1.20. The molecule has 1 aromatic carbocycles. The lowest BCUT2D eigenvalue weighted by atomic mass is 10.1. The topological polar surface area (TPSA) is 78.6 Å². The van der Waals surface area contributed by atoms with E-state index in [9.17, 15) is 9.59 Å². The van der Waals surface area contributed by atoms with Crippen LogP contribution in [0.5, 0.6) is 0 Å². The van der Waals surface area contributed by atoms with Crippen molar-refractivity contribution >= 4 is 24.3 Å². The third-order valence-corrected chi connectivity index (χ3v) is 2.23. The summed E-state index contributed by atoms with van der Waals surface area (Å²) in [6, 6.07) is 9.18. The number of hydrogen-bond donors (Lipinski definition) is 1. The number of rotatable bonds is 5. The van der Waals surface area contributed by atoms with Gasteiger partial charge in [0.15, 0.2) is 5.92 Å². The van der Waals surface area contributed by atoms with Gasteiger partial charge in [-0.15, -0.1) is 12.4 Å². The molecule has 1 rings (SSSR count). The number of methoxy groups -OCH3 is 1. The van der Waals surface area contributed by atoms with Gasteiger partial charge in [0, 0.05) is 6.54 Å². The van der Waals surface area contributed by atoms with Crippen molar-refractivity contribution in [2.45, 2.75) is 6.61 Å². The molecule has 1 atom stereocenters. The van der Waals surface area contributed by atoms with Crippen molar-refractivity contribution in [1.29, 1.82) is 0 Å². The van der Waals surface area contributed by atoms with Gasteiger partial charge in [0.2, 0.25) is 0 Å². The second-order valence-electron chi connectivity index (χ2n) is 3.40. The second-order valence-corrected chi connectivity index (χ2v) is 3.40. The standard InChI is InChI=1S/C12H15NO4.ClH/c1-16-11(14)10(7-13)12(15)17-8-9-5-3-2-4-6-9;/h2-6,10H,7-8,13H2,1H3;1H. The molecule has 0 saturated carbocycles. The van der Waals surface area contributed by atoms with Gasteiger partial charge in [0.1, 0.15) is 6.61 Å². The molecule has 0 bridgehead atoms. The number of halogens is 1. The van der Waals surface area contributed by atoms with E-state index >= 15 is 0 Å². The first-order valence-corrected chi connectivity index (χ1v) is 5.17. The number of carbonyl (C=O) groups excluding carboxylic acids is 2. The van der Waals surface area contributed by atoms with Crippen molar-refractivity contribution in [3.63, 3.8) is 0 Å². The number of hydrogen-bond acceptors (Lipinski definition) is 5. The Morgan fingerprint density at radius 2 is 1.83 bits per heavy atom. The van der Waals surface area contributed by atoms with Gasteiger partial charge in [0.05, 0.1) is 7.11 Å². The summed E-state index contributed by atoms with van der Waals surface area (Å²) in [6.45, 7) is -0.00648. The smallest absolute Gasteiger partial charge is 0.321 e. The van der Waals surface area contributed by atoms with E-state index in [0.717, 1.165) is 5.56 Å². The predicted octanol–water partition coefficient (Wildman–Crippen LogP) is 0.899. The molecule has 0 spiro atoms. The van der Waals surface area contributed by atoms with Crippen LogP contribution in [0, 0.1) is 5.92 Å². The summed E-state index contributed by atoms with van der Waals surface area (Å²) in [6.07, 6.45) is 0. The van der Waals surface area contributed by atoms with E-state index in [4.69, 9.17) is 10.5 Å². The third-order valence-electron chi connectivity index (χ3n) is 2.23. The van der Waals surface area contributed by atoms with Crippen LogP contribution in [-0.2, 0) is 25.7 Å². The Bertz CT molecular complexity index is 383. The van der Waals surface area contributed by atoms with Crippen LogP contribution >= 0.6 is 12.4 Å². The summed E-state index contributed by atoms with van der Waals surface area (Å²) in [5.74, 6) is -2.39. The monoisotopic (exact) mass is 273 g/mol. The molecule has 0 heterocycles. The molecule has 1 unspecified atom stereocenters. The Balaban J connectivity index is 0.00000289. The molecule has 0 aromatic heterocycles. The highest BCUT2D eigenvalue weighted by Crippen LogP contribution is 2.05. The van der Waals surface area contributed by atoms with Gasteiger partial charge in [-0.1, -0.05) is 30.3 Å². The van der Waals surface area contributed by atoms with Crippen LogP contribution in [0.25, 0.3) is 0 Å². The minimum atomic E-state index is -1.05. The molecule has 0 amide bonds. The normalized spacial score (nSPS) is 11.0. The summed E-state index contributed by atoms with van der Waals surface area (Å²) in [5.41, 5.74) is 6.17. The zero-order valence-electron chi connectivity index (χ0n) is 10.00. The number of benzene rings is 1. The van der Waals surface area contributed by atoms with E-state index in [1.165, 1.54) is 7.11 Å². The van der Waals surface area contributed by atoms with E-state index in [-0.39, 0.29) is 25.6 Å². The molecule has 0 aliphatic carbocycles. The van der Waals surface area contributed by atoms with Crippen LogP contribution in [0.15, 0.2) is 30.3 Å². The van der Waals surface area contributed by atoms with Crippen LogP contribution in [0.1, 0.15) is 5.56 Å². The molecule has 5 nitrogen and oxygen atoms in total. The Labute approximate surface area is 112 Å². The van der Waals surface area contributed by atoms with E-state index in [1.54, 1.807) is 0 Å². The van der Waals surface area contributed by atoms with Crippen LogP contribution in [0.2, 0.25) is 0 Å². The van der Waals surface area contributed by atoms with Gasteiger partial charge < -0.3 is 15.2 Å². The van der Waals surface area contributed by atoms with E-state index in [0.29, 0.717) is 0 Å². The zero-order valence-corrected chi connectivity index (χ0v) is 10.8. The van der Waals surface area contributed by atoms with Gasteiger partial charge in [0.25, 0.3) is 0 Å². The molecule has 0 aliphatic heterocycles. The quantitative estimate of drug-likeness (QED) is 0.637. The highest BCUT2D eigenvalue weighted by Gasteiger charge is 2.27. The molecule has 0 radical (unpaired) electrons. The van der Waals surface area contributed by atoms with Crippen molar-refractivity contribution in [1.82, 2.24) is 0 Å². The summed E-state index contributed by atoms with van der Waals surface area (Å²) < 4.78 is 9.44. The predicted molar refractivity (Wildman–Crippen MR) is 68.0 cm³/mol. The van der Waals surface area contributed by atoms with Crippen molar-refractivity contribution in [3.05, 3.63) is 35.9 Å². The Kier molecular flexibility index (Phi) is 7.74. The molecule has 1 aromatic rings. The Morgan fingerprint density at radius 1 is 1.22 bits per heavy atom. The van der Waals surface area contributed by atoms with Crippen LogP contribution in [-0.4, -0.2) is 25.6 Å². The largest absolute Gasteiger partial charge is 0.468 e. The molecule has 100 valence electrons. The van der Waals surface area contributed by atoms with Crippen LogP contribution in [0.3, 0.4) is 0 Å². The number of esters is 2. The molecule has 0 fully saturated rings. The van der Waals surface area contributed by atoms with Crippen LogP contribution in [0.4, 0.5) is 0 Å². The first-order valence-electron chi connectivity index (χ1n) is 5.17. The molecular weight excluding hydrogens is 258 g/mol. The van der Waals surface area contributed by atoms with Gasteiger partial charge in [-0.3, -0.25) is 9.59 Å². The minimum Gasteiger partial charge on any atom is -0.468 e. The molecule has 6 heteroatoms. The van der Waals surface area contributed by atoms with E-state index in [1.807, 2.05) is 30.3 Å². The third kappa shape index (κ3) is 4.73. The van der Waals surface area contributed by atoms with Gasteiger partial charge in [-0.25, -0.2) is 0 Å². The first kappa shape index (κ1) is 16.4. The van der Waals surface area contributed by atoms with Gasteiger partial charge >= 0.3 is 11.9 Å². The highest BCUT2D eigenvalue weighted by atomic mass is 35.5. The van der Waals surface area contributed by atoms with E-state index < -0.39 is 17.9 Å². The Morgan fingerprint density at radius 3 is 2.33 bits per heavy atom. The molecule has 0 aliphatic rings. The van der Waals surface area contributed by atoms with Crippen molar-refractivity contribution in [2.75, 3.05) is 13.7 Å². The number of ether oxygens (including phenoxy) is 2. The minimum absolute atomic E-state index is 0. The molecular formula is C12H16ClNO4. The fourth-order valence-corrected chi connectivity index (χ4v) is 1.26. The maximum absolute atomic E-state index is 11.5. The zero-order chi connectivity index (χ0) is 12.7. The van der Waals surface area contributed by atoms with E-state index in [2.05, 4.69) is 4.74 Å². The maximum atomic E-state index is 11.5. The second kappa shape index (κ2) is 8.49. The van der Waals surface area contributed by atoms with Gasteiger partial charge in [-0.2, -0.15) is 0 Å². The first-order chi connectivity index (χ1) is 8.19. The average molecular weight is 274 g/mol. The van der Waals surface area contributed by atoms with Crippen molar-refractivity contribution in [2.24, 2.45) is 11.7 Å². The molecule has 0 saturated heterocycles. The summed E-state index contributed by atoms with van der Waals surface area (Å²) >= 11 is 0. The fourth-order valence-electron chi connectivity index (χ4n) is 1.26. The SMILES string of the molecule is COC(=O)C(CN)C(=O)OCc1ccccc1.Cl. The van der Waals surface area contributed by atoms with Crippen molar-refractivity contribution < 1.29 is 19.1 Å². The van der Waals surface area contributed by atoms with Gasteiger partial charge in [-0.05, 0) is 5.56 Å². The lowest BCUT2D eigenvalue weighted by molar-refractivity contribution is -0.160. The lowest BCUT2D eigenvalue weighted by Crippen LogP contribution is -2.33. The lowest BCUT2D eigenvalue weighted by Gasteiger charge is -2.11. The molecule has 2 N–H and O–H groups in total. The van der Waals surface area contributed by atoms with Crippen molar-refractivity contribution in [3.8, 4) is 0 Å².